The van der Waals surface area contributed by atoms with Crippen LogP contribution in [0.2, 0.25) is 0 Å². The van der Waals surface area contributed by atoms with Crippen molar-refractivity contribution in [2.45, 2.75) is 18.4 Å². The highest BCUT2D eigenvalue weighted by atomic mass is 32.2. The standard InChI is InChI=1S/C12H17FN2OS/c1-3-15-12(16)8-17-11-5-4-9(7-14-2)6-10(11)13/h4-6,14H,3,7-8H2,1-2H3,(H,15,16). The molecule has 0 aliphatic heterocycles. The molecule has 1 rings (SSSR count). The van der Waals surface area contributed by atoms with E-state index >= 15 is 0 Å². The third-order valence-electron chi connectivity index (χ3n) is 2.11. The number of hydrogen-bond acceptors (Lipinski definition) is 3. The molecule has 0 aliphatic carbocycles. The molecule has 3 nitrogen and oxygen atoms in total. The van der Waals surface area contributed by atoms with E-state index in [-0.39, 0.29) is 17.5 Å². The molecule has 2 N–H and O–H groups in total. The Hall–Kier alpha value is -1.07. The van der Waals surface area contributed by atoms with Crippen LogP contribution in [-0.4, -0.2) is 25.3 Å². The van der Waals surface area contributed by atoms with Gasteiger partial charge in [0.25, 0.3) is 0 Å². The summed E-state index contributed by atoms with van der Waals surface area (Å²) in [5.74, 6) is -0.0980. The Labute approximate surface area is 105 Å². The number of benzene rings is 1. The van der Waals surface area contributed by atoms with E-state index in [4.69, 9.17) is 0 Å². The minimum absolute atomic E-state index is 0.0730. The molecule has 0 fully saturated rings. The van der Waals surface area contributed by atoms with E-state index < -0.39 is 0 Å². The van der Waals surface area contributed by atoms with Crippen molar-refractivity contribution in [1.82, 2.24) is 10.6 Å². The third-order valence-corrected chi connectivity index (χ3v) is 3.16. The second kappa shape index (κ2) is 7.29. The quantitative estimate of drug-likeness (QED) is 0.762. The van der Waals surface area contributed by atoms with E-state index in [1.54, 1.807) is 6.07 Å². The average Bonchev–Trinajstić information content (AvgIpc) is 2.29. The number of hydrogen-bond donors (Lipinski definition) is 2. The second-order valence-corrected chi connectivity index (χ2v) is 4.55. The summed E-state index contributed by atoms with van der Waals surface area (Å²) in [6, 6.07) is 5.07. The lowest BCUT2D eigenvalue weighted by Crippen LogP contribution is -2.24. The number of thioether (sulfide) groups is 1. The van der Waals surface area contributed by atoms with Gasteiger partial charge in [0.05, 0.1) is 5.75 Å². The molecule has 1 amide bonds. The van der Waals surface area contributed by atoms with Crippen molar-refractivity contribution in [3.63, 3.8) is 0 Å². The summed E-state index contributed by atoms with van der Waals surface area (Å²) in [6.07, 6.45) is 0. The van der Waals surface area contributed by atoms with Crippen LogP contribution in [0, 0.1) is 5.82 Å². The first-order valence-corrected chi connectivity index (χ1v) is 6.48. The summed E-state index contributed by atoms with van der Waals surface area (Å²) in [4.78, 5) is 11.7. The van der Waals surface area contributed by atoms with Gasteiger partial charge in [0.1, 0.15) is 5.82 Å². The van der Waals surface area contributed by atoms with Gasteiger partial charge in [-0.05, 0) is 31.7 Å². The van der Waals surface area contributed by atoms with Gasteiger partial charge in [0.2, 0.25) is 5.91 Å². The molecule has 1 aromatic carbocycles. The summed E-state index contributed by atoms with van der Waals surface area (Å²) in [6.45, 7) is 3.09. The molecule has 94 valence electrons. The summed E-state index contributed by atoms with van der Waals surface area (Å²) in [5, 5.41) is 5.63. The van der Waals surface area contributed by atoms with Crippen molar-refractivity contribution in [2.75, 3.05) is 19.3 Å². The minimum atomic E-state index is -0.271. The normalized spacial score (nSPS) is 10.3. The lowest BCUT2D eigenvalue weighted by Gasteiger charge is -2.06. The van der Waals surface area contributed by atoms with Crippen LogP contribution < -0.4 is 10.6 Å². The van der Waals surface area contributed by atoms with Gasteiger partial charge in [-0.2, -0.15) is 0 Å². The van der Waals surface area contributed by atoms with Crippen molar-refractivity contribution in [3.05, 3.63) is 29.6 Å². The topological polar surface area (TPSA) is 41.1 Å². The van der Waals surface area contributed by atoms with Gasteiger partial charge < -0.3 is 10.6 Å². The maximum atomic E-state index is 13.6. The molecule has 17 heavy (non-hydrogen) atoms. The monoisotopic (exact) mass is 256 g/mol. The van der Waals surface area contributed by atoms with E-state index in [1.807, 2.05) is 20.0 Å². The Morgan fingerprint density at radius 1 is 1.47 bits per heavy atom. The Bertz CT molecular complexity index is 385. The maximum Gasteiger partial charge on any atom is 0.230 e. The summed E-state index contributed by atoms with van der Waals surface area (Å²) >= 11 is 1.21. The number of carbonyl (C=O) groups is 1. The van der Waals surface area contributed by atoms with Crippen molar-refractivity contribution in [1.29, 1.82) is 0 Å². The zero-order valence-electron chi connectivity index (χ0n) is 10.0. The molecular formula is C12H17FN2OS. The number of halogens is 1. The van der Waals surface area contributed by atoms with Gasteiger partial charge in [-0.3, -0.25) is 4.79 Å². The fraction of sp³-hybridized carbons (Fsp3) is 0.417. The fourth-order valence-corrected chi connectivity index (χ4v) is 2.12. The number of carbonyl (C=O) groups excluding carboxylic acids is 1. The fourth-order valence-electron chi connectivity index (χ4n) is 1.37. The summed E-state index contributed by atoms with van der Waals surface area (Å²) in [7, 11) is 1.82. The zero-order chi connectivity index (χ0) is 12.7. The molecule has 0 atom stereocenters. The number of rotatable bonds is 6. The maximum absolute atomic E-state index is 13.6. The van der Waals surface area contributed by atoms with E-state index in [2.05, 4.69) is 10.6 Å². The van der Waals surface area contributed by atoms with Crippen molar-refractivity contribution >= 4 is 17.7 Å². The number of nitrogens with one attached hydrogen (secondary N) is 2. The Morgan fingerprint density at radius 3 is 2.82 bits per heavy atom. The molecule has 0 unspecified atom stereocenters. The molecule has 0 radical (unpaired) electrons. The van der Waals surface area contributed by atoms with E-state index in [0.717, 1.165) is 5.56 Å². The molecule has 0 aliphatic rings. The van der Waals surface area contributed by atoms with Crippen LogP contribution >= 0.6 is 11.8 Å². The molecule has 0 saturated heterocycles. The minimum Gasteiger partial charge on any atom is -0.356 e. The highest BCUT2D eigenvalue weighted by molar-refractivity contribution is 8.00. The van der Waals surface area contributed by atoms with Gasteiger partial charge in [0.15, 0.2) is 0 Å². The molecule has 0 heterocycles. The molecule has 0 spiro atoms. The van der Waals surface area contributed by atoms with Crippen LogP contribution in [0.1, 0.15) is 12.5 Å². The van der Waals surface area contributed by atoms with Gasteiger partial charge >= 0.3 is 0 Å². The van der Waals surface area contributed by atoms with Gasteiger partial charge in [-0.15, -0.1) is 11.8 Å². The molecule has 0 aromatic heterocycles. The predicted molar refractivity (Wildman–Crippen MR) is 68.6 cm³/mol. The van der Waals surface area contributed by atoms with Crippen LogP contribution in [-0.2, 0) is 11.3 Å². The lowest BCUT2D eigenvalue weighted by molar-refractivity contribution is -0.118. The van der Waals surface area contributed by atoms with Crippen molar-refractivity contribution in [2.24, 2.45) is 0 Å². The smallest absolute Gasteiger partial charge is 0.230 e. The van der Waals surface area contributed by atoms with E-state index in [0.29, 0.717) is 18.0 Å². The first kappa shape index (κ1) is 14.0. The van der Waals surface area contributed by atoms with Crippen LogP contribution in [0.15, 0.2) is 23.1 Å². The number of amides is 1. The van der Waals surface area contributed by atoms with E-state index in [9.17, 15) is 9.18 Å². The molecule has 0 bridgehead atoms. The highest BCUT2D eigenvalue weighted by Crippen LogP contribution is 2.22. The first-order chi connectivity index (χ1) is 8.17. The highest BCUT2D eigenvalue weighted by Gasteiger charge is 2.06. The second-order valence-electron chi connectivity index (χ2n) is 3.54. The lowest BCUT2D eigenvalue weighted by atomic mass is 10.2. The predicted octanol–water partition coefficient (Wildman–Crippen LogP) is 1.77. The largest absolute Gasteiger partial charge is 0.356 e. The van der Waals surface area contributed by atoms with Crippen LogP contribution in [0.4, 0.5) is 4.39 Å². The summed E-state index contributed by atoms with van der Waals surface area (Å²) in [5.41, 5.74) is 0.896. The zero-order valence-corrected chi connectivity index (χ0v) is 10.9. The van der Waals surface area contributed by atoms with Crippen molar-refractivity contribution < 1.29 is 9.18 Å². The van der Waals surface area contributed by atoms with Gasteiger partial charge in [0, 0.05) is 18.0 Å². The SMILES string of the molecule is CCNC(=O)CSc1ccc(CNC)cc1F. The Balaban J connectivity index is 2.57. The molecule has 1 aromatic rings. The van der Waals surface area contributed by atoms with Crippen LogP contribution in [0.3, 0.4) is 0 Å². The molecular weight excluding hydrogens is 239 g/mol. The molecule has 0 saturated carbocycles. The van der Waals surface area contributed by atoms with Crippen LogP contribution in [0.5, 0.6) is 0 Å². The van der Waals surface area contributed by atoms with Gasteiger partial charge in [-0.1, -0.05) is 6.07 Å². The Morgan fingerprint density at radius 2 is 2.24 bits per heavy atom. The summed E-state index contributed by atoms with van der Waals surface area (Å²) < 4.78 is 13.6. The first-order valence-electron chi connectivity index (χ1n) is 5.50. The Kier molecular flexibility index (Phi) is 6.00. The van der Waals surface area contributed by atoms with Crippen molar-refractivity contribution in [3.8, 4) is 0 Å². The third kappa shape index (κ3) is 4.75. The van der Waals surface area contributed by atoms with Crippen LogP contribution in [0.25, 0.3) is 0 Å². The van der Waals surface area contributed by atoms with Gasteiger partial charge in [-0.25, -0.2) is 4.39 Å². The van der Waals surface area contributed by atoms with E-state index in [1.165, 1.54) is 17.8 Å². The molecule has 5 heteroatoms. The average molecular weight is 256 g/mol.